The number of benzene rings is 2. The first-order valence-corrected chi connectivity index (χ1v) is 7.76. The molecule has 1 N–H and O–H groups in total. The number of halogens is 1. The molecule has 23 heavy (non-hydrogen) atoms. The van der Waals surface area contributed by atoms with Crippen molar-refractivity contribution >= 4 is 5.91 Å². The molecule has 0 bridgehead atoms. The van der Waals surface area contributed by atoms with Crippen LogP contribution in [-0.4, -0.2) is 19.6 Å². The highest BCUT2D eigenvalue weighted by molar-refractivity contribution is 5.83. The van der Waals surface area contributed by atoms with Crippen molar-refractivity contribution in [3.05, 3.63) is 71.5 Å². The molecule has 2 rings (SSSR count). The lowest BCUT2D eigenvalue weighted by Crippen LogP contribution is -2.33. The minimum absolute atomic E-state index is 0.0443. The summed E-state index contributed by atoms with van der Waals surface area (Å²) in [7, 11) is 1.55. The van der Waals surface area contributed by atoms with Crippen molar-refractivity contribution in [2.45, 2.75) is 25.4 Å². The average molecular weight is 315 g/mol. The maximum absolute atomic E-state index is 13.3. The minimum atomic E-state index is -0.372. The molecule has 2 atom stereocenters. The largest absolute Gasteiger partial charge is 0.375 e. The van der Waals surface area contributed by atoms with Crippen LogP contribution in [0.3, 0.4) is 0 Å². The highest BCUT2D eigenvalue weighted by Gasteiger charge is 2.20. The van der Waals surface area contributed by atoms with Crippen LogP contribution in [0.1, 0.15) is 36.5 Å². The van der Waals surface area contributed by atoms with Crippen LogP contribution >= 0.6 is 0 Å². The number of hydrogen-bond donors (Lipinski definition) is 1. The molecule has 2 unspecified atom stereocenters. The van der Waals surface area contributed by atoms with E-state index < -0.39 is 0 Å². The first-order valence-electron chi connectivity index (χ1n) is 7.76. The zero-order valence-corrected chi connectivity index (χ0v) is 13.5. The number of methoxy groups -OCH3 is 1. The normalized spacial score (nSPS) is 13.3. The van der Waals surface area contributed by atoms with E-state index in [-0.39, 0.29) is 23.7 Å². The van der Waals surface area contributed by atoms with Gasteiger partial charge < -0.3 is 10.1 Å². The first kappa shape index (κ1) is 17.2. The second kappa shape index (κ2) is 8.44. The van der Waals surface area contributed by atoms with Crippen LogP contribution in [0.2, 0.25) is 0 Å². The fourth-order valence-electron chi connectivity index (χ4n) is 2.62. The molecule has 0 saturated heterocycles. The summed E-state index contributed by atoms with van der Waals surface area (Å²) in [5.41, 5.74) is 1.70. The number of amides is 1. The Balaban J connectivity index is 2.01. The lowest BCUT2D eigenvalue weighted by molar-refractivity contribution is -0.123. The van der Waals surface area contributed by atoms with Gasteiger partial charge in [0.1, 0.15) is 5.82 Å². The molecule has 0 heterocycles. The summed E-state index contributed by atoms with van der Waals surface area (Å²) in [6.07, 6.45) is 0.343. The summed E-state index contributed by atoms with van der Waals surface area (Å²) < 4.78 is 18.7. The number of carbonyl (C=O) groups is 1. The van der Waals surface area contributed by atoms with Gasteiger partial charge in [0.25, 0.3) is 0 Å². The molecule has 0 saturated carbocycles. The zero-order valence-electron chi connectivity index (χ0n) is 13.5. The van der Waals surface area contributed by atoms with Crippen LogP contribution in [0, 0.1) is 5.82 Å². The molecule has 122 valence electrons. The van der Waals surface area contributed by atoms with Gasteiger partial charge in [-0.05, 0) is 29.7 Å². The zero-order chi connectivity index (χ0) is 16.7. The molecule has 1 amide bonds. The number of rotatable bonds is 7. The monoisotopic (exact) mass is 315 g/mol. The Hall–Kier alpha value is -2.20. The Bertz CT molecular complexity index is 630. The van der Waals surface area contributed by atoms with Crippen LogP contribution in [0.25, 0.3) is 0 Å². The van der Waals surface area contributed by atoms with Gasteiger partial charge in [-0.3, -0.25) is 4.79 Å². The van der Waals surface area contributed by atoms with Gasteiger partial charge in [0, 0.05) is 13.7 Å². The lowest BCUT2D eigenvalue weighted by Gasteiger charge is -2.20. The van der Waals surface area contributed by atoms with Crippen molar-refractivity contribution in [3.8, 4) is 0 Å². The third-order valence-electron chi connectivity index (χ3n) is 3.89. The molecule has 0 aromatic heterocycles. The van der Waals surface area contributed by atoms with Gasteiger partial charge in [0.2, 0.25) is 5.91 Å². The fourth-order valence-corrected chi connectivity index (χ4v) is 2.62. The molecular formula is C19H22FNO2. The Labute approximate surface area is 136 Å². The van der Waals surface area contributed by atoms with E-state index in [1.807, 2.05) is 37.3 Å². The van der Waals surface area contributed by atoms with Crippen molar-refractivity contribution < 1.29 is 13.9 Å². The van der Waals surface area contributed by atoms with E-state index in [2.05, 4.69) is 5.32 Å². The highest BCUT2D eigenvalue weighted by atomic mass is 19.1. The molecular weight excluding hydrogens is 293 g/mol. The molecule has 3 nitrogen and oxygen atoms in total. The summed E-state index contributed by atoms with van der Waals surface area (Å²) in [5, 5.41) is 2.91. The average Bonchev–Trinajstić information content (AvgIpc) is 2.57. The van der Waals surface area contributed by atoms with E-state index in [0.29, 0.717) is 18.5 Å². The lowest BCUT2D eigenvalue weighted by atomic mass is 9.95. The van der Waals surface area contributed by atoms with E-state index in [1.165, 1.54) is 12.1 Å². The molecule has 0 radical (unpaired) electrons. The summed E-state index contributed by atoms with van der Waals surface area (Å²) in [6, 6.07) is 15.9. The van der Waals surface area contributed by atoms with Crippen LogP contribution < -0.4 is 5.32 Å². The van der Waals surface area contributed by atoms with Crippen molar-refractivity contribution in [1.82, 2.24) is 5.32 Å². The molecule has 0 fully saturated rings. The predicted molar refractivity (Wildman–Crippen MR) is 88.6 cm³/mol. The summed E-state index contributed by atoms with van der Waals surface area (Å²) >= 11 is 0. The number of ether oxygens (including phenoxy) is 1. The number of nitrogens with one attached hydrogen (secondary N) is 1. The van der Waals surface area contributed by atoms with E-state index in [1.54, 1.807) is 19.2 Å². The predicted octanol–water partition coefficient (Wildman–Crippen LogP) is 3.82. The van der Waals surface area contributed by atoms with Gasteiger partial charge in [0.05, 0.1) is 12.0 Å². The Morgan fingerprint density at radius 2 is 1.83 bits per heavy atom. The van der Waals surface area contributed by atoms with Gasteiger partial charge in [0.15, 0.2) is 0 Å². The van der Waals surface area contributed by atoms with Crippen molar-refractivity contribution in [1.29, 1.82) is 0 Å². The third-order valence-corrected chi connectivity index (χ3v) is 3.89. The Morgan fingerprint density at radius 3 is 2.43 bits per heavy atom. The number of hydrogen-bond acceptors (Lipinski definition) is 2. The third kappa shape index (κ3) is 4.63. The van der Waals surface area contributed by atoms with Crippen molar-refractivity contribution in [2.75, 3.05) is 13.7 Å². The molecule has 0 spiro atoms. The van der Waals surface area contributed by atoms with Crippen LogP contribution in [0.15, 0.2) is 54.6 Å². The van der Waals surface area contributed by atoms with E-state index >= 15 is 0 Å². The molecule has 2 aromatic carbocycles. The SMILES string of the molecule is CCC(C(=O)NCC(OC)c1cccc(F)c1)c1ccccc1. The van der Waals surface area contributed by atoms with Gasteiger partial charge in [-0.25, -0.2) is 4.39 Å². The fraction of sp³-hybridized carbons (Fsp3) is 0.316. The summed E-state index contributed by atoms with van der Waals surface area (Å²) in [6.45, 7) is 2.29. The van der Waals surface area contributed by atoms with Crippen LogP contribution in [0.4, 0.5) is 4.39 Å². The maximum atomic E-state index is 13.3. The highest BCUT2D eigenvalue weighted by Crippen LogP contribution is 2.21. The van der Waals surface area contributed by atoms with E-state index in [9.17, 15) is 9.18 Å². The standard InChI is InChI=1S/C19H22FNO2/c1-3-17(14-8-5-4-6-9-14)19(22)21-13-18(23-2)15-10-7-11-16(20)12-15/h4-12,17-18H,3,13H2,1-2H3,(H,21,22). The molecule has 4 heteroatoms. The van der Waals surface area contributed by atoms with Gasteiger partial charge >= 0.3 is 0 Å². The smallest absolute Gasteiger partial charge is 0.227 e. The molecule has 2 aromatic rings. The van der Waals surface area contributed by atoms with Gasteiger partial charge in [-0.1, -0.05) is 49.4 Å². The van der Waals surface area contributed by atoms with E-state index in [4.69, 9.17) is 4.74 Å². The molecule has 0 aliphatic carbocycles. The van der Waals surface area contributed by atoms with Gasteiger partial charge in [-0.2, -0.15) is 0 Å². The second-order valence-corrected chi connectivity index (χ2v) is 5.40. The molecule has 0 aliphatic rings. The Morgan fingerprint density at radius 1 is 1.13 bits per heavy atom. The summed E-state index contributed by atoms with van der Waals surface area (Å²) in [4.78, 5) is 12.5. The minimum Gasteiger partial charge on any atom is -0.375 e. The first-order chi connectivity index (χ1) is 11.2. The van der Waals surface area contributed by atoms with Crippen molar-refractivity contribution in [2.24, 2.45) is 0 Å². The molecule has 0 aliphatic heterocycles. The second-order valence-electron chi connectivity index (χ2n) is 5.40. The topological polar surface area (TPSA) is 38.3 Å². The Kier molecular flexibility index (Phi) is 6.29. The summed E-state index contributed by atoms with van der Waals surface area (Å²) in [5.74, 6) is -0.551. The maximum Gasteiger partial charge on any atom is 0.227 e. The van der Waals surface area contributed by atoms with Crippen LogP contribution in [0.5, 0.6) is 0 Å². The van der Waals surface area contributed by atoms with Gasteiger partial charge in [-0.15, -0.1) is 0 Å². The van der Waals surface area contributed by atoms with Crippen LogP contribution in [-0.2, 0) is 9.53 Å². The quantitative estimate of drug-likeness (QED) is 0.843. The van der Waals surface area contributed by atoms with Crippen molar-refractivity contribution in [3.63, 3.8) is 0 Å². The number of carbonyl (C=O) groups excluding carboxylic acids is 1. The van der Waals surface area contributed by atoms with E-state index in [0.717, 1.165) is 5.56 Å².